The first-order valence-electron chi connectivity index (χ1n) is 5.43. The van der Waals surface area contributed by atoms with Gasteiger partial charge in [-0.2, -0.15) is 0 Å². The predicted octanol–water partition coefficient (Wildman–Crippen LogP) is 3.94. The second kappa shape index (κ2) is 5.91. The van der Waals surface area contributed by atoms with Crippen LogP contribution in [0.1, 0.15) is 0 Å². The lowest BCUT2D eigenvalue weighted by Gasteiger charge is -2.27. The van der Waals surface area contributed by atoms with Crippen LogP contribution < -0.4 is 5.32 Å². The molecule has 19 heavy (non-hydrogen) atoms. The Labute approximate surface area is 136 Å². The topological polar surface area (TPSA) is 49.3 Å². The molecular formula is C13H10Br3NO2. The fourth-order valence-electron chi connectivity index (χ4n) is 1.64. The van der Waals surface area contributed by atoms with Crippen LogP contribution in [-0.2, 0) is 4.79 Å². The van der Waals surface area contributed by atoms with Gasteiger partial charge >= 0.3 is 0 Å². The lowest BCUT2D eigenvalue weighted by Crippen LogP contribution is -2.38. The van der Waals surface area contributed by atoms with E-state index in [0.717, 1.165) is 8.96 Å². The number of carbonyl (C=O) groups excluding carboxylic acids is 1. The fourth-order valence-corrected chi connectivity index (χ4v) is 2.78. The Bertz CT molecular complexity index is 550. The number of aliphatic hydroxyl groups is 1. The van der Waals surface area contributed by atoms with Crippen LogP contribution in [0.4, 0.5) is 5.69 Å². The third-order valence-electron chi connectivity index (χ3n) is 2.63. The van der Waals surface area contributed by atoms with E-state index in [1.165, 1.54) is 6.08 Å². The van der Waals surface area contributed by atoms with Gasteiger partial charge in [0.05, 0.1) is 0 Å². The molecule has 0 aromatic heterocycles. The first-order valence-corrected chi connectivity index (χ1v) is 7.81. The molecule has 1 aromatic carbocycles. The number of nitrogens with one attached hydrogen (secondary N) is 1. The Kier molecular flexibility index (Phi) is 4.66. The number of benzene rings is 1. The molecule has 0 aliphatic heterocycles. The van der Waals surface area contributed by atoms with Crippen LogP contribution in [0.25, 0.3) is 0 Å². The molecule has 2 rings (SSSR count). The number of amides is 1. The lowest BCUT2D eigenvalue weighted by atomic mass is 9.96. The van der Waals surface area contributed by atoms with Gasteiger partial charge in [-0.05, 0) is 52.3 Å². The van der Waals surface area contributed by atoms with Crippen molar-refractivity contribution in [3.05, 3.63) is 51.4 Å². The minimum absolute atomic E-state index is 0.289. The molecule has 3 nitrogen and oxygen atoms in total. The minimum atomic E-state index is -1.37. The van der Waals surface area contributed by atoms with Gasteiger partial charge in [-0.25, -0.2) is 0 Å². The van der Waals surface area contributed by atoms with Crippen molar-refractivity contribution in [2.45, 2.75) is 4.51 Å². The summed E-state index contributed by atoms with van der Waals surface area (Å²) >= 11 is 9.78. The van der Waals surface area contributed by atoms with Crippen LogP contribution in [0.2, 0.25) is 0 Å². The van der Waals surface area contributed by atoms with E-state index < -0.39 is 10.4 Å². The molecule has 1 aromatic rings. The van der Waals surface area contributed by atoms with E-state index in [4.69, 9.17) is 0 Å². The van der Waals surface area contributed by atoms with Crippen LogP contribution in [0.15, 0.2) is 51.4 Å². The summed E-state index contributed by atoms with van der Waals surface area (Å²) in [5, 5.41) is 12.9. The van der Waals surface area contributed by atoms with Crippen molar-refractivity contribution < 1.29 is 9.90 Å². The van der Waals surface area contributed by atoms with Gasteiger partial charge in [0, 0.05) is 14.6 Å². The highest BCUT2D eigenvalue weighted by Gasteiger charge is 2.37. The van der Waals surface area contributed by atoms with Crippen LogP contribution in [0.5, 0.6) is 0 Å². The van der Waals surface area contributed by atoms with E-state index in [9.17, 15) is 9.90 Å². The SMILES string of the molecule is O=C(Nc1ccc(Br)cc1)C1C=C(Br)C=CC1(O)Br. The van der Waals surface area contributed by atoms with E-state index in [1.54, 1.807) is 24.3 Å². The van der Waals surface area contributed by atoms with Gasteiger partial charge in [0.2, 0.25) is 5.91 Å². The molecule has 0 radical (unpaired) electrons. The van der Waals surface area contributed by atoms with Gasteiger partial charge in [0.25, 0.3) is 0 Å². The number of halogens is 3. The number of hydrogen-bond donors (Lipinski definition) is 2. The summed E-state index contributed by atoms with van der Waals surface area (Å²) in [4.78, 5) is 12.2. The molecule has 0 saturated heterocycles. The fraction of sp³-hybridized carbons (Fsp3) is 0.154. The van der Waals surface area contributed by atoms with Gasteiger partial charge in [0.15, 0.2) is 4.51 Å². The number of hydrogen-bond acceptors (Lipinski definition) is 2. The summed E-state index contributed by atoms with van der Waals surface area (Å²) in [5.41, 5.74) is 0.676. The average molecular weight is 452 g/mol. The molecule has 2 atom stereocenters. The summed E-state index contributed by atoms with van der Waals surface area (Å²) in [6, 6.07) is 7.24. The van der Waals surface area contributed by atoms with Crippen LogP contribution in [-0.4, -0.2) is 15.5 Å². The van der Waals surface area contributed by atoms with Crippen molar-refractivity contribution in [2.24, 2.45) is 5.92 Å². The molecule has 2 N–H and O–H groups in total. The normalized spacial score (nSPS) is 25.9. The molecule has 0 spiro atoms. The minimum Gasteiger partial charge on any atom is -0.374 e. The first kappa shape index (κ1) is 15.0. The van der Waals surface area contributed by atoms with Gasteiger partial charge in [0.1, 0.15) is 5.92 Å². The molecule has 0 fully saturated rings. The second-order valence-electron chi connectivity index (χ2n) is 4.09. The number of rotatable bonds is 2. The summed E-state index contributed by atoms with van der Waals surface area (Å²) in [6.07, 6.45) is 4.88. The number of allylic oxidation sites excluding steroid dienone is 2. The molecule has 6 heteroatoms. The van der Waals surface area contributed by atoms with E-state index in [1.807, 2.05) is 12.1 Å². The largest absolute Gasteiger partial charge is 0.374 e. The predicted molar refractivity (Wildman–Crippen MR) is 86.3 cm³/mol. The van der Waals surface area contributed by atoms with Gasteiger partial charge < -0.3 is 10.4 Å². The van der Waals surface area contributed by atoms with Crippen molar-refractivity contribution in [3.63, 3.8) is 0 Å². The molecule has 0 heterocycles. The van der Waals surface area contributed by atoms with Crippen LogP contribution >= 0.6 is 47.8 Å². The Balaban J connectivity index is 2.15. The second-order valence-corrected chi connectivity index (χ2v) is 7.19. The summed E-state index contributed by atoms with van der Waals surface area (Å²) in [5.74, 6) is -1.00. The quantitative estimate of drug-likeness (QED) is 0.669. The average Bonchev–Trinajstić information content (AvgIpc) is 2.35. The van der Waals surface area contributed by atoms with Crippen molar-refractivity contribution >= 4 is 59.4 Å². The zero-order valence-corrected chi connectivity index (χ0v) is 14.4. The number of carbonyl (C=O) groups is 1. The van der Waals surface area contributed by atoms with E-state index in [-0.39, 0.29) is 5.91 Å². The van der Waals surface area contributed by atoms with Gasteiger partial charge in [-0.3, -0.25) is 4.79 Å². The molecule has 0 bridgehead atoms. The van der Waals surface area contributed by atoms with Crippen molar-refractivity contribution in [3.8, 4) is 0 Å². The van der Waals surface area contributed by atoms with E-state index in [0.29, 0.717) is 5.69 Å². The Hall–Kier alpha value is -0.430. The number of anilines is 1. The maximum Gasteiger partial charge on any atom is 0.235 e. The van der Waals surface area contributed by atoms with Crippen LogP contribution in [0.3, 0.4) is 0 Å². The maximum atomic E-state index is 12.2. The molecule has 100 valence electrons. The van der Waals surface area contributed by atoms with Crippen molar-refractivity contribution in [2.75, 3.05) is 5.32 Å². The Morgan fingerprint density at radius 3 is 2.53 bits per heavy atom. The van der Waals surface area contributed by atoms with Crippen LogP contribution in [0, 0.1) is 5.92 Å². The molecule has 1 aliphatic rings. The van der Waals surface area contributed by atoms with Gasteiger partial charge in [-0.1, -0.05) is 37.9 Å². The third-order valence-corrected chi connectivity index (χ3v) is 4.45. The number of alkyl halides is 1. The zero-order valence-electron chi connectivity index (χ0n) is 9.61. The summed E-state index contributed by atoms with van der Waals surface area (Å²) in [6.45, 7) is 0. The molecule has 0 saturated carbocycles. The standard InChI is InChI=1S/C13H10Br3NO2/c14-8-1-3-10(4-2-8)17-12(18)11-7-9(15)5-6-13(11,16)19/h1-7,11,19H,(H,17,18). The first-order chi connectivity index (χ1) is 8.88. The smallest absolute Gasteiger partial charge is 0.235 e. The molecule has 1 aliphatic carbocycles. The molecule has 2 unspecified atom stereocenters. The summed E-state index contributed by atoms with van der Waals surface area (Å²) < 4.78 is 0.322. The highest BCUT2D eigenvalue weighted by Crippen LogP contribution is 2.35. The van der Waals surface area contributed by atoms with E-state index in [2.05, 4.69) is 53.1 Å². The van der Waals surface area contributed by atoms with Gasteiger partial charge in [-0.15, -0.1) is 0 Å². The maximum absolute atomic E-state index is 12.2. The monoisotopic (exact) mass is 449 g/mol. The van der Waals surface area contributed by atoms with Crippen molar-refractivity contribution in [1.82, 2.24) is 0 Å². The molecule has 1 amide bonds. The van der Waals surface area contributed by atoms with Crippen molar-refractivity contribution in [1.29, 1.82) is 0 Å². The Morgan fingerprint density at radius 1 is 1.26 bits per heavy atom. The highest BCUT2D eigenvalue weighted by atomic mass is 79.9. The van der Waals surface area contributed by atoms with E-state index >= 15 is 0 Å². The highest BCUT2D eigenvalue weighted by molar-refractivity contribution is 9.12. The third kappa shape index (κ3) is 3.78. The molecular weight excluding hydrogens is 442 g/mol. The zero-order chi connectivity index (χ0) is 14.0. The lowest BCUT2D eigenvalue weighted by molar-refractivity contribution is -0.121. The summed E-state index contributed by atoms with van der Waals surface area (Å²) in [7, 11) is 0. The Morgan fingerprint density at radius 2 is 1.89 bits per heavy atom.